The lowest BCUT2D eigenvalue weighted by molar-refractivity contribution is -0.127. The molecule has 0 bridgehead atoms. The number of hydrogen-bond donors (Lipinski definition) is 3. The summed E-state index contributed by atoms with van der Waals surface area (Å²) in [4.78, 5) is 32.5. The van der Waals surface area contributed by atoms with E-state index in [9.17, 15) is 14.4 Å². The van der Waals surface area contributed by atoms with Crippen molar-refractivity contribution in [2.75, 3.05) is 0 Å². The minimum atomic E-state index is -0.652. The van der Waals surface area contributed by atoms with Gasteiger partial charge in [0.05, 0.1) is 0 Å². The van der Waals surface area contributed by atoms with Gasteiger partial charge < -0.3 is 16.8 Å². The average Bonchev–Trinajstić information content (AvgIpc) is 2.21. The molecule has 1 atom stereocenters. The summed E-state index contributed by atoms with van der Waals surface area (Å²) in [6.07, 6.45) is 2.26. The van der Waals surface area contributed by atoms with Crippen LogP contribution < -0.4 is 16.8 Å². The molecule has 0 aromatic carbocycles. The molecule has 0 radical (unpaired) electrons. The van der Waals surface area contributed by atoms with E-state index in [1.165, 1.54) is 0 Å². The second-order valence-electron chi connectivity index (χ2n) is 3.59. The lowest BCUT2D eigenvalue weighted by atomic mass is 10.1. The lowest BCUT2D eigenvalue weighted by Crippen LogP contribution is -2.44. The Morgan fingerprint density at radius 1 is 1.19 bits per heavy atom. The van der Waals surface area contributed by atoms with E-state index in [2.05, 4.69) is 5.32 Å². The normalized spacial score (nSPS) is 11.8. The second kappa shape index (κ2) is 7.67. The SMILES string of the molecule is CCC(=O)NC(CCCCC(N)=O)C(N)=O. The maximum atomic E-state index is 11.1. The van der Waals surface area contributed by atoms with Crippen molar-refractivity contribution in [2.24, 2.45) is 11.5 Å². The Morgan fingerprint density at radius 3 is 2.25 bits per heavy atom. The Kier molecular flexibility index (Phi) is 6.91. The Balaban J connectivity index is 3.90. The van der Waals surface area contributed by atoms with E-state index in [1.807, 2.05) is 0 Å². The number of nitrogens with two attached hydrogens (primary N) is 2. The molecule has 92 valence electrons. The maximum absolute atomic E-state index is 11.1. The van der Waals surface area contributed by atoms with Gasteiger partial charge in [0.1, 0.15) is 6.04 Å². The van der Waals surface area contributed by atoms with E-state index in [1.54, 1.807) is 6.92 Å². The molecule has 0 rings (SSSR count). The van der Waals surface area contributed by atoms with Crippen LogP contribution in [0.15, 0.2) is 0 Å². The third-order valence-corrected chi connectivity index (χ3v) is 2.17. The van der Waals surface area contributed by atoms with E-state index in [-0.39, 0.29) is 18.2 Å². The fourth-order valence-electron chi connectivity index (χ4n) is 1.23. The molecule has 0 aromatic heterocycles. The molecule has 6 nitrogen and oxygen atoms in total. The fourth-order valence-corrected chi connectivity index (χ4v) is 1.23. The molecule has 0 saturated carbocycles. The van der Waals surface area contributed by atoms with Crippen LogP contribution in [0.3, 0.4) is 0 Å². The number of amides is 3. The van der Waals surface area contributed by atoms with Crippen molar-refractivity contribution in [1.29, 1.82) is 0 Å². The Bertz CT molecular complexity index is 266. The minimum Gasteiger partial charge on any atom is -0.370 e. The molecule has 0 aromatic rings. The van der Waals surface area contributed by atoms with Crippen molar-refractivity contribution >= 4 is 17.7 Å². The zero-order valence-electron chi connectivity index (χ0n) is 9.49. The van der Waals surface area contributed by atoms with E-state index in [0.29, 0.717) is 25.7 Å². The zero-order valence-corrected chi connectivity index (χ0v) is 9.49. The van der Waals surface area contributed by atoms with Gasteiger partial charge >= 0.3 is 0 Å². The molecule has 5 N–H and O–H groups in total. The number of unbranched alkanes of at least 4 members (excludes halogenated alkanes) is 1. The van der Waals surface area contributed by atoms with Gasteiger partial charge in [-0.25, -0.2) is 0 Å². The minimum absolute atomic E-state index is 0.210. The summed E-state index contributed by atoms with van der Waals surface area (Å²) in [5, 5.41) is 2.52. The summed E-state index contributed by atoms with van der Waals surface area (Å²) in [6, 6.07) is -0.652. The Morgan fingerprint density at radius 2 is 1.81 bits per heavy atom. The summed E-state index contributed by atoms with van der Waals surface area (Å²) >= 11 is 0. The van der Waals surface area contributed by atoms with Gasteiger partial charge in [0, 0.05) is 12.8 Å². The predicted molar refractivity (Wildman–Crippen MR) is 59.1 cm³/mol. The van der Waals surface area contributed by atoms with Crippen LogP contribution in [0, 0.1) is 0 Å². The van der Waals surface area contributed by atoms with E-state index >= 15 is 0 Å². The lowest BCUT2D eigenvalue weighted by Gasteiger charge is -2.14. The molecule has 1 unspecified atom stereocenters. The first-order valence-electron chi connectivity index (χ1n) is 5.34. The van der Waals surface area contributed by atoms with Crippen molar-refractivity contribution in [3.8, 4) is 0 Å². The number of nitrogens with one attached hydrogen (secondary N) is 1. The first kappa shape index (κ1) is 14.4. The molecule has 0 fully saturated rings. The number of primary amides is 2. The van der Waals surface area contributed by atoms with E-state index in [4.69, 9.17) is 11.5 Å². The van der Waals surface area contributed by atoms with Crippen molar-refractivity contribution in [3.05, 3.63) is 0 Å². The second-order valence-corrected chi connectivity index (χ2v) is 3.59. The molecule has 0 spiro atoms. The Hall–Kier alpha value is -1.59. The van der Waals surface area contributed by atoms with Crippen molar-refractivity contribution in [3.63, 3.8) is 0 Å². The zero-order chi connectivity index (χ0) is 12.6. The molecule has 0 heterocycles. The summed E-state index contributed by atoms with van der Waals surface area (Å²) in [7, 11) is 0. The number of carbonyl (C=O) groups excluding carboxylic acids is 3. The molecule has 16 heavy (non-hydrogen) atoms. The van der Waals surface area contributed by atoms with Gasteiger partial charge in [0.25, 0.3) is 0 Å². The molecule has 0 aliphatic heterocycles. The highest BCUT2D eigenvalue weighted by atomic mass is 16.2. The van der Waals surface area contributed by atoms with Crippen LogP contribution >= 0.6 is 0 Å². The third-order valence-electron chi connectivity index (χ3n) is 2.17. The number of hydrogen-bond acceptors (Lipinski definition) is 3. The maximum Gasteiger partial charge on any atom is 0.239 e. The highest BCUT2D eigenvalue weighted by molar-refractivity contribution is 5.86. The smallest absolute Gasteiger partial charge is 0.239 e. The fraction of sp³-hybridized carbons (Fsp3) is 0.700. The first-order valence-corrected chi connectivity index (χ1v) is 5.34. The molecule has 0 aliphatic rings. The summed E-state index contributed by atoms with van der Waals surface area (Å²) in [5.41, 5.74) is 10.1. The van der Waals surface area contributed by atoms with Gasteiger partial charge in [-0.15, -0.1) is 0 Å². The summed E-state index contributed by atoms with van der Waals surface area (Å²) in [5.74, 6) is -1.13. The highest BCUT2D eigenvalue weighted by Gasteiger charge is 2.16. The van der Waals surface area contributed by atoms with Crippen LogP contribution in [-0.4, -0.2) is 23.8 Å². The van der Waals surface area contributed by atoms with Crippen LogP contribution in [0.5, 0.6) is 0 Å². The monoisotopic (exact) mass is 229 g/mol. The van der Waals surface area contributed by atoms with E-state index < -0.39 is 11.9 Å². The van der Waals surface area contributed by atoms with Gasteiger partial charge in [-0.1, -0.05) is 13.3 Å². The van der Waals surface area contributed by atoms with Gasteiger partial charge in [-0.05, 0) is 12.8 Å². The largest absolute Gasteiger partial charge is 0.370 e. The van der Waals surface area contributed by atoms with Gasteiger partial charge in [-0.3, -0.25) is 14.4 Å². The molecular weight excluding hydrogens is 210 g/mol. The molecule has 6 heteroatoms. The van der Waals surface area contributed by atoms with Crippen LogP contribution in [0.25, 0.3) is 0 Å². The quantitative estimate of drug-likeness (QED) is 0.483. The van der Waals surface area contributed by atoms with Crippen LogP contribution in [0.2, 0.25) is 0 Å². The molecule has 0 saturated heterocycles. The highest BCUT2D eigenvalue weighted by Crippen LogP contribution is 2.03. The first-order chi connectivity index (χ1) is 7.47. The number of rotatable bonds is 8. The van der Waals surface area contributed by atoms with Crippen LogP contribution in [0.4, 0.5) is 0 Å². The third kappa shape index (κ3) is 6.80. The molecule has 3 amide bonds. The summed E-state index contributed by atoms with van der Waals surface area (Å²) in [6.45, 7) is 1.69. The van der Waals surface area contributed by atoms with Gasteiger partial charge in [-0.2, -0.15) is 0 Å². The average molecular weight is 229 g/mol. The van der Waals surface area contributed by atoms with Gasteiger partial charge in [0.2, 0.25) is 17.7 Å². The topological polar surface area (TPSA) is 115 Å². The van der Waals surface area contributed by atoms with E-state index in [0.717, 1.165) is 0 Å². The summed E-state index contributed by atoms with van der Waals surface area (Å²) < 4.78 is 0. The van der Waals surface area contributed by atoms with Crippen molar-refractivity contribution < 1.29 is 14.4 Å². The van der Waals surface area contributed by atoms with Gasteiger partial charge in [0.15, 0.2) is 0 Å². The number of carbonyl (C=O) groups is 3. The molecule has 0 aliphatic carbocycles. The van der Waals surface area contributed by atoms with Crippen molar-refractivity contribution in [2.45, 2.75) is 45.1 Å². The molecular formula is C10H19N3O3. The predicted octanol–water partition coefficient (Wildman–Crippen LogP) is -0.588. The van der Waals surface area contributed by atoms with Crippen molar-refractivity contribution in [1.82, 2.24) is 5.32 Å². The Labute approximate surface area is 94.7 Å². The van der Waals surface area contributed by atoms with Crippen LogP contribution in [0.1, 0.15) is 39.0 Å². The standard InChI is InChI=1S/C10H19N3O3/c1-2-9(15)13-7(10(12)16)5-3-4-6-8(11)14/h7H,2-6H2,1H3,(H2,11,14)(H2,12,16)(H,13,15). The van der Waals surface area contributed by atoms with Crippen LogP contribution in [-0.2, 0) is 14.4 Å².